The molecule has 3 aliphatic rings. The average molecular weight is 655 g/mol. The van der Waals surface area contributed by atoms with Crippen LogP contribution in [0.5, 0.6) is 0 Å². The highest BCUT2D eigenvalue weighted by Gasteiger charge is 2.82. The Balaban J connectivity index is 1.56. The maximum atomic E-state index is 16.0. The second kappa shape index (κ2) is 10.6. The number of ketones is 1. The lowest BCUT2D eigenvalue weighted by Gasteiger charge is -2.39. The van der Waals surface area contributed by atoms with Gasteiger partial charge in [0.25, 0.3) is 0 Å². The maximum Gasteiger partial charge on any atom is 0.239 e. The maximum absolute atomic E-state index is 16.0. The van der Waals surface area contributed by atoms with E-state index in [0.29, 0.717) is 26.9 Å². The Morgan fingerprint density at radius 3 is 1.38 bits per heavy atom. The van der Waals surface area contributed by atoms with Crippen LogP contribution in [-0.4, -0.2) is 17.6 Å². The molecule has 4 atom stereocenters. The third-order valence-electron chi connectivity index (χ3n) is 10.3. The van der Waals surface area contributed by atoms with Crippen molar-refractivity contribution >= 4 is 57.6 Å². The molecule has 0 radical (unpaired) electrons. The minimum absolute atomic E-state index is 0.190. The number of rotatable bonds is 5. The number of amides is 2. The van der Waals surface area contributed by atoms with E-state index < -0.39 is 22.7 Å². The predicted molar refractivity (Wildman–Crippen MR) is 186 cm³/mol. The topological polar surface area (TPSA) is 54.5 Å². The standard InChI is InChI=1S/C41H29Cl2NO3/c1-24-13-22-32(25(2)23-24)44-37(45)35-36(38(44)46)41(29-16-20-31(43)21-17-29)34(27-11-7-4-8-12-27)33(26-9-5-3-6-10-26)40(35,39(41)47)28-14-18-30(42)19-15-28/h3-23,35-36H,1-2H3/t35-,36+,40-,41-/m0/s1. The minimum Gasteiger partial charge on any atom is -0.297 e. The molecule has 230 valence electrons. The molecule has 2 amide bonds. The van der Waals surface area contributed by atoms with Gasteiger partial charge in [-0.25, -0.2) is 4.90 Å². The molecule has 6 heteroatoms. The van der Waals surface area contributed by atoms with Crippen molar-refractivity contribution in [2.45, 2.75) is 24.7 Å². The highest BCUT2D eigenvalue weighted by molar-refractivity contribution is 6.39. The predicted octanol–water partition coefficient (Wildman–Crippen LogP) is 8.80. The van der Waals surface area contributed by atoms with E-state index in [0.717, 1.165) is 33.4 Å². The third-order valence-corrected chi connectivity index (χ3v) is 10.8. The fraction of sp³-hybridized carbons (Fsp3) is 0.146. The lowest BCUT2D eigenvalue weighted by molar-refractivity contribution is -0.130. The van der Waals surface area contributed by atoms with Gasteiger partial charge in [-0.15, -0.1) is 0 Å². The number of aryl methyl sites for hydroxylation is 2. The Bertz CT molecular complexity index is 2010. The molecule has 4 nitrogen and oxygen atoms in total. The first-order valence-electron chi connectivity index (χ1n) is 15.6. The molecule has 47 heavy (non-hydrogen) atoms. The molecule has 1 aliphatic heterocycles. The summed E-state index contributed by atoms with van der Waals surface area (Å²) in [4.78, 5) is 47.6. The van der Waals surface area contributed by atoms with E-state index in [-0.39, 0.29) is 17.6 Å². The number of allylic oxidation sites excluding steroid dienone is 2. The Kier molecular flexibility index (Phi) is 6.70. The van der Waals surface area contributed by atoms with Crippen molar-refractivity contribution in [2.24, 2.45) is 11.8 Å². The van der Waals surface area contributed by atoms with Crippen LogP contribution in [0, 0.1) is 25.7 Å². The molecule has 1 saturated carbocycles. The lowest BCUT2D eigenvalue weighted by atomic mass is 9.59. The number of benzene rings is 5. The quantitative estimate of drug-likeness (QED) is 0.178. The van der Waals surface area contributed by atoms with E-state index in [1.54, 1.807) is 24.3 Å². The van der Waals surface area contributed by atoms with Crippen molar-refractivity contribution < 1.29 is 14.4 Å². The monoisotopic (exact) mass is 653 g/mol. The second-order valence-corrected chi connectivity index (χ2v) is 13.6. The summed E-state index contributed by atoms with van der Waals surface area (Å²) in [5, 5.41) is 1.02. The summed E-state index contributed by atoms with van der Waals surface area (Å²) in [5.41, 5.74) is 3.73. The molecule has 5 aromatic carbocycles. The fourth-order valence-corrected chi connectivity index (χ4v) is 8.90. The number of carbonyl (C=O) groups is 3. The van der Waals surface area contributed by atoms with Crippen molar-refractivity contribution in [1.82, 2.24) is 0 Å². The Morgan fingerprint density at radius 2 is 0.979 bits per heavy atom. The molecule has 2 fully saturated rings. The molecule has 0 spiro atoms. The van der Waals surface area contributed by atoms with E-state index in [1.807, 2.05) is 117 Å². The van der Waals surface area contributed by atoms with E-state index in [9.17, 15) is 0 Å². The summed E-state index contributed by atoms with van der Waals surface area (Å²) < 4.78 is 0. The van der Waals surface area contributed by atoms with Gasteiger partial charge in [-0.1, -0.05) is 126 Å². The third kappa shape index (κ3) is 3.86. The number of anilines is 1. The number of imide groups is 1. The molecule has 0 aromatic heterocycles. The van der Waals surface area contributed by atoms with Crippen LogP contribution >= 0.6 is 23.2 Å². The van der Waals surface area contributed by atoms with Crippen LogP contribution in [0.2, 0.25) is 10.0 Å². The average Bonchev–Trinajstić information content (AvgIpc) is 3.58. The van der Waals surface area contributed by atoms with Crippen molar-refractivity contribution in [3.63, 3.8) is 0 Å². The van der Waals surface area contributed by atoms with Crippen molar-refractivity contribution in [2.75, 3.05) is 4.90 Å². The van der Waals surface area contributed by atoms with Crippen LogP contribution in [0.3, 0.4) is 0 Å². The molecule has 1 heterocycles. The van der Waals surface area contributed by atoms with Crippen LogP contribution in [0.15, 0.2) is 127 Å². The molecule has 0 unspecified atom stereocenters. The highest BCUT2D eigenvalue weighted by Crippen LogP contribution is 2.74. The Hall–Kier alpha value is -4.77. The van der Waals surface area contributed by atoms with Gasteiger partial charge in [-0.3, -0.25) is 14.4 Å². The number of Topliss-reactive ketones (excluding diaryl/α,β-unsaturated/α-hetero) is 1. The van der Waals surface area contributed by atoms with E-state index in [1.165, 1.54) is 4.90 Å². The summed E-state index contributed by atoms with van der Waals surface area (Å²) in [5.74, 6) is -2.98. The van der Waals surface area contributed by atoms with Crippen molar-refractivity contribution in [3.05, 3.63) is 171 Å². The second-order valence-electron chi connectivity index (χ2n) is 12.7. The van der Waals surface area contributed by atoms with Gasteiger partial charge in [-0.05, 0) is 83.1 Å². The molecule has 8 rings (SSSR count). The number of halogens is 2. The van der Waals surface area contributed by atoms with Gasteiger partial charge in [0.05, 0.1) is 28.4 Å². The Labute approximate surface area is 283 Å². The number of hydrogen-bond acceptors (Lipinski definition) is 3. The van der Waals surface area contributed by atoms with Gasteiger partial charge in [0.1, 0.15) is 0 Å². The largest absolute Gasteiger partial charge is 0.297 e. The zero-order valence-corrected chi connectivity index (χ0v) is 27.2. The summed E-state index contributed by atoms with van der Waals surface area (Å²) >= 11 is 12.9. The fourth-order valence-electron chi connectivity index (χ4n) is 8.65. The smallest absolute Gasteiger partial charge is 0.239 e. The molecular formula is C41H29Cl2NO3. The Morgan fingerprint density at radius 1 is 0.553 bits per heavy atom. The van der Waals surface area contributed by atoms with E-state index in [2.05, 4.69) is 0 Å². The SMILES string of the molecule is Cc1ccc(N2C(=O)[C@@H]3[C@H](C2=O)[C@@]2(c4ccc(Cl)cc4)C(=O)[C@@]3(c3ccc(Cl)cc3)C(c3ccccc3)=C2c2ccccc2)c(C)c1. The first kappa shape index (κ1) is 29.6. The number of hydrogen-bond donors (Lipinski definition) is 0. The van der Waals surface area contributed by atoms with Gasteiger partial charge in [0.15, 0.2) is 5.78 Å². The van der Waals surface area contributed by atoms with Crippen molar-refractivity contribution in [3.8, 4) is 0 Å². The first-order chi connectivity index (χ1) is 22.7. The van der Waals surface area contributed by atoms with Crippen molar-refractivity contribution in [1.29, 1.82) is 0 Å². The lowest BCUT2D eigenvalue weighted by Crippen LogP contribution is -2.45. The van der Waals surface area contributed by atoms with Gasteiger partial charge < -0.3 is 0 Å². The minimum atomic E-state index is -1.50. The highest BCUT2D eigenvalue weighted by atomic mass is 35.5. The molecule has 2 bridgehead atoms. The summed E-state index contributed by atoms with van der Waals surface area (Å²) in [6.45, 7) is 3.88. The zero-order chi connectivity index (χ0) is 32.7. The van der Waals surface area contributed by atoms with Gasteiger partial charge in [0, 0.05) is 10.0 Å². The summed E-state index contributed by atoms with van der Waals surface area (Å²) in [6.07, 6.45) is 0. The van der Waals surface area contributed by atoms with Gasteiger partial charge in [0.2, 0.25) is 11.8 Å². The summed E-state index contributed by atoms with van der Waals surface area (Å²) in [6, 6.07) is 39.6. The first-order valence-corrected chi connectivity index (χ1v) is 16.4. The number of nitrogens with zero attached hydrogens (tertiary/aromatic N) is 1. The molecule has 1 saturated heterocycles. The number of fused-ring (bicyclic) bond motifs is 5. The zero-order valence-electron chi connectivity index (χ0n) is 25.7. The molecule has 0 N–H and O–H groups in total. The number of carbonyl (C=O) groups excluding carboxylic acids is 3. The van der Waals surface area contributed by atoms with Gasteiger partial charge in [-0.2, -0.15) is 0 Å². The van der Waals surface area contributed by atoms with Crippen LogP contribution < -0.4 is 4.90 Å². The molecular weight excluding hydrogens is 625 g/mol. The summed E-state index contributed by atoms with van der Waals surface area (Å²) in [7, 11) is 0. The van der Waals surface area contributed by atoms with Crippen LogP contribution in [0.1, 0.15) is 33.4 Å². The van der Waals surface area contributed by atoms with E-state index >= 15 is 14.4 Å². The van der Waals surface area contributed by atoms with Gasteiger partial charge >= 0.3 is 0 Å². The van der Waals surface area contributed by atoms with E-state index in [4.69, 9.17) is 23.2 Å². The van der Waals surface area contributed by atoms with Crippen LogP contribution in [-0.2, 0) is 25.2 Å². The normalized spacial score (nSPS) is 24.8. The molecule has 5 aromatic rings. The van der Waals surface area contributed by atoms with Crippen LogP contribution in [0.25, 0.3) is 11.1 Å². The van der Waals surface area contributed by atoms with Crippen LogP contribution in [0.4, 0.5) is 5.69 Å². The molecule has 2 aliphatic carbocycles.